The van der Waals surface area contributed by atoms with Crippen molar-refractivity contribution in [3.05, 3.63) is 126 Å². The molecule has 0 radical (unpaired) electrons. The number of amides is 2. The number of allylic oxidation sites excluding steroid dienone is 6. The van der Waals surface area contributed by atoms with Gasteiger partial charge < -0.3 is 100 Å². The molecule has 1 unspecified atom stereocenters. The van der Waals surface area contributed by atoms with Crippen LogP contribution in [0.5, 0.6) is 0 Å². The number of methoxy groups -OCH3 is 2. The number of hydrogen-bond donors (Lipinski definition) is 10. The molecule has 16 atom stereocenters. The number of cyclic esters (lactones) is 1. The minimum Gasteiger partial charge on any atom is -0.459 e. The summed E-state index contributed by atoms with van der Waals surface area (Å²) in [5.41, 5.74) is 33.4. The first-order valence-electron chi connectivity index (χ1n) is 45.3. The second-order valence-electron chi connectivity index (χ2n) is 35.1. The monoisotopic (exact) mass is 1790 g/mol. The summed E-state index contributed by atoms with van der Waals surface area (Å²) in [6, 6.07) is 11.2. The van der Waals surface area contributed by atoms with E-state index in [0.29, 0.717) is 176 Å². The Morgan fingerprint density at radius 1 is 0.791 bits per heavy atom. The number of aliphatic hydroxyl groups is 4. The highest BCUT2D eigenvalue weighted by Gasteiger charge is 2.53. The summed E-state index contributed by atoms with van der Waals surface area (Å²) in [7, 11) is 3.19. The number of unbranched alkanes of at least 4 members (excludes halogenated alkanes) is 1. The number of rotatable bonds is 31. The normalized spacial score (nSPS) is 27.6. The number of aromatic nitrogens is 7. The summed E-state index contributed by atoms with van der Waals surface area (Å²) in [4.78, 5) is 113. The zero-order chi connectivity index (χ0) is 91.8. The minimum atomic E-state index is -2.50. The van der Waals surface area contributed by atoms with Crippen LogP contribution in [0.15, 0.2) is 125 Å². The highest BCUT2D eigenvalue weighted by molar-refractivity contribution is 6.39. The molecule has 2 bridgehead atoms. The Bertz CT molecular complexity index is 4910. The van der Waals surface area contributed by atoms with E-state index in [4.69, 9.17) is 74.6 Å². The molecule has 4 fully saturated rings. The number of esters is 1. The lowest BCUT2D eigenvalue weighted by atomic mass is 9.80. The highest BCUT2D eigenvalue weighted by Crippen LogP contribution is 2.39. The maximum absolute atomic E-state index is 14.8. The van der Waals surface area contributed by atoms with Crippen molar-refractivity contribution in [3.8, 4) is 22.4 Å². The van der Waals surface area contributed by atoms with Crippen LogP contribution >= 0.6 is 0 Å². The number of hydrazine groups is 2. The predicted molar refractivity (Wildman–Crippen MR) is 481 cm³/mol. The zero-order valence-corrected chi connectivity index (χ0v) is 75.5. The van der Waals surface area contributed by atoms with Crippen molar-refractivity contribution in [2.75, 3.05) is 123 Å². The van der Waals surface area contributed by atoms with Gasteiger partial charge in [0.1, 0.15) is 53.5 Å². The van der Waals surface area contributed by atoms with Gasteiger partial charge in [0.05, 0.1) is 101 Å². The Hall–Kier alpha value is -9.90. The van der Waals surface area contributed by atoms with E-state index in [1.807, 2.05) is 91.8 Å². The van der Waals surface area contributed by atoms with E-state index >= 15 is 0 Å². The number of nitrogens with two attached hydrogens (primary N) is 3. The maximum atomic E-state index is 14.8. The fourth-order valence-electron chi connectivity index (χ4n) is 17.8. The number of Topliss-reactive ketones (excluding diaryl/α,β-unsaturated/α-hetero) is 3. The molecule has 702 valence electrons. The summed E-state index contributed by atoms with van der Waals surface area (Å²) >= 11 is 0. The van der Waals surface area contributed by atoms with E-state index in [0.717, 1.165) is 51.3 Å². The number of piperidine rings is 1. The molecule has 9 heterocycles. The average molecular weight is 1790 g/mol. The SMILES string of the molecule is CO[C@H]1C[C@@H]2CC[C@@H](C)[C@@](O)(O2)C(=O)C(=O)N2CCCC[C@H]2C(=O)O[C@H]([C@H](N)C[C@@H]2CC[C@@H](OCc3cccc(-c4cnc(N5CCN(CC6=CN(CCOCCOCCOCCC(=O)NCCCCn7nc(-c8ccc9oc(N)nc9c8)c8c(N)ncnc87)NN6)C(CO)C5)nc4)c3)[C@H](OC)C2)CC(=O)[C@H](C)/C=C(\C)[C@@H](O)[C@@H](O)C(=O)[C@H](C)C[C@H](C)/C=C/C=CC=C1C. The number of aryl methyl sites for hydroxylation is 1. The van der Waals surface area contributed by atoms with Crippen molar-refractivity contribution in [3.63, 3.8) is 0 Å². The highest BCUT2D eigenvalue weighted by atomic mass is 16.6. The molecular formula is C93H131N17O19. The molecule has 36 heteroatoms. The molecule has 6 aliphatic rings. The largest absolute Gasteiger partial charge is 0.459 e. The fourth-order valence-corrected chi connectivity index (χ4v) is 17.8. The van der Waals surface area contributed by atoms with Crippen molar-refractivity contribution in [2.45, 2.75) is 218 Å². The van der Waals surface area contributed by atoms with Crippen molar-refractivity contribution in [2.24, 2.45) is 35.3 Å². The first kappa shape index (κ1) is 98.1. The van der Waals surface area contributed by atoms with Crippen LogP contribution in [-0.4, -0.2) is 278 Å². The van der Waals surface area contributed by atoms with Crippen LogP contribution in [0.3, 0.4) is 0 Å². The number of hydrogen-bond acceptors (Lipinski definition) is 33. The Labute approximate surface area is 753 Å². The molecule has 36 nitrogen and oxygen atoms in total. The van der Waals surface area contributed by atoms with Crippen LogP contribution in [0.25, 0.3) is 44.5 Å². The number of benzene rings is 2. The van der Waals surface area contributed by atoms with Gasteiger partial charge in [0, 0.05) is 133 Å². The number of carbonyl (C=O) groups is 6. The number of nitrogens with one attached hydrogen (secondary N) is 3. The van der Waals surface area contributed by atoms with Crippen LogP contribution in [0.2, 0.25) is 0 Å². The van der Waals surface area contributed by atoms with E-state index in [-0.39, 0.29) is 99.6 Å². The van der Waals surface area contributed by atoms with Crippen LogP contribution < -0.4 is 38.4 Å². The van der Waals surface area contributed by atoms with Gasteiger partial charge in [0.25, 0.3) is 17.7 Å². The molecule has 5 aliphatic heterocycles. The van der Waals surface area contributed by atoms with Crippen LogP contribution in [0.1, 0.15) is 143 Å². The van der Waals surface area contributed by atoms with Crippen molar-refractivity contribution < 1.29 is 91.5 Å². The quantitative estimate of drug-likeness (QED) is 0.00936. The van der Waals surface area contributed by atoms with Crippen molar-refractivity contribution in [1.29, 1.82) is 0 Å². The number of anilines is 3. The summed E-state index contributed by atoms with van der Waals surface area (Å²) < 4.78 is 55.6. The molecule has 4 aromatic heterocycles. The first-order chi connectivity index (χ1) is 62.2. The van der Waals surface area contributed by atoms with E-state index in [1.165, 1.54) is 19.3 Å². The van der Waals surface area contributed by atoms with Crippen molar-refractivity contribution in [1.82, 2.24) is 65.8 Å². The van der Waals surface area contributed by atoms with E-state index in [2.05, 4.69) is 41.0 Å². The molecule has 2 aromatic carbocycles. The fraction of sp³-hybridized carbons (Fsp3) is 0.591. The molecule has 2 amide bonds. The third kappa shape index (κ3) is 26.3. The average Bonchev–Trinajstić information content (AvgIpc) is 0.931. The molecule has 12 rings (SSSR count). The Morgan fingerprint density at radius 3 is 2.35 bits per heavy atom. The van der Waals surface area contributed by atoms with Gasteiger partial charge in [0.15, 0.2) is 17.0 Å². The maximum Gasteiger partial charge on any atom is 0.329 e. The van der Waals surface area contributed by atoms with Gasteiger partial charge in [-0.05, 0) is 149 Å². The van der Waals surface area contributed by atoms with Crippen LogP contribution in [-0.2, 0) is 79.8 Å². The molecule has 129 heavy (non-hydrogen) atoms. The number of nitrogens with zero attached hydrogens (tertiary/aromatic N) is 11. The Morgan fingerprint density at radius 2 is 1.57 bits per heavy atom. The van der Waals surface area contributed by atoms with E-state index in [1.54, 1.807) is 58.1 Å². The summed E-state index contributed by atoms with van der Waals surface area (Å²) in [6.07, 6.45) is 17.5. The number of nitrogen functional groups attached to an aromatic ring is 2. The first-order valence-corrected chi connectivity index (χ1v) is 45.3. The second kappa shape index (κ2) is 47.3. The topological polar surface area (TPSA) is 480 Å². The third-order valence-electron chi connectivity index (χ3n) is 25.5. The van der Waals surface area contributed by atoms with Crippen molar-refractivity contribution >= 4 is 75.0 Å². The van der Waals surface area contributed by atoms with E-state index < -0.39 is 95.4 Å². The van der Waals surface area contributed by atoms with Crippen LogP contribution in [0.4, 0.5) is 17.8 Å². The number of ketones is 3. The molecular weight excluding hydrogens is 1660 g/mol. The lowest BCUT2D eigenvalue weighted by Gasteiger charge is -2.42. The summed E-state index contributed by atoms with van der Waals surface area (Å²) in [6.45, 7) is 16.8. The van der Waals surface area contributed by atoms with Gasteiger partial charge in [-0.3, -0.25) is 33.9 Å². The molecule has 13 N–H and O–H groups in total. The molecule has 3 saturated heterocycles. The number of fused-ring (bicyclic) bond motifs is 5. The Balaban J connectivity index is 0.561. The van der Waals surface area contributed by atoms with E-state index in [9.17, 15) is 49.2 Å². The molecule has 1 aliphatic carbocycles. The lowest BCUT2D eigenvalue weighted by Crippen LogP contribution is -2.61. The lowest BCUT2D eigenvalue weighted by molar-refractivity contribution is -0.265. The number of ether oxygens (including phenoxy) is 8. The van der Waals surface area contributed by atoms with Gasteiger partial charge in [-0.25, -0.2) is 29.4 Å². The molecule has 6 aromatic rings. The third-order valence-corrected chi connectivity index (χ3v) is 25.5. The summed E-state index contributed by atoms with van der Waals surface area (Å²) in [5.74, 6) is -8.27. The van der Waals surface area contributed by atoms with Gasteiger partial charge in [-0.1, -0.05) is 82.4 Å². The zero-order valence-electron chi connectivity index (χ0n) is 75.5. The standard InChI is InChI=1S/C93H131N17O19/c1-57-17-10-9-11-18-58(2)77(121-7)47-70-25-22-62(6)93(120,129-70)86(117)89(118)109-30-14-12-21-73(109)90(119)127-78(48-74(112)59(3)42-61(5)84(115)85(116)83(114)60(4)41-57)71(94)44-63-23-26-76(79(45-63)122-8)126-55-64-19-16-20-65(43-64)67-49-98-92(99-50-67)107-33-32-106(69(53-107)54-111)51-68-52-108(105-103-68)34-36-124-38-40-125-39-37-123-35-28-80(113)97-29-13-15-31-110-88-81(87(95)100-56-101-88)82(104-110)66-24-27-75-72(46-66)102-91(96)128-75/h9-11,16-20,24,27,42-43,46,49-50,52,56-57,59-60,62-63,69-71,73,76-79,84-85,103,105,111,115-116,120H,12-15,21-23,25-26,28-41,44-45,47-48,51,53-55,94H2,1-8H3,(H2,96,102)(H,97,113)(H2,95,100,101)/b11-9?,17-10+,58-18?,61-42+/t57-,59-,60-,62-,63+,69?,70+,71-,73+,76-,77+,78+,79-,84-,85+,93-/m1/s1. The van der Waals surface area contributed by atoms with Gasteiger partial charge in [-0.2, -0.15) is 10.1 Å². The second-order valence-corrected chi connectivity index (χ2v) is 35.1. The number of oxazole rings is 1. The molecule has 1 saturated carbocycles. The number of piperazine rings is 1. The Kier molecular flexibility index (Phi) is 36.0. The minimum absolute atomic E-state index is 0.0141. The summed E-state index contributed by atoms with van der Waals surface area (Å²) in [5, 5.41) is 55.8. The van der Waals surface area contributed by atoms with Gasteiger partial charge in [0.2, 0.25) is 17.6 Å². The van der Waals surface area contributed by atoms with Crippen LogP contribution in [0, 0.1) is 29.6 Å². The number of carbonyl (C=O) groups excluding carboxylic acids is 6. The van der Waals surface area contributed by atoms with Gasteiger partial charge >= 0.3 is 5.97 Å². The molecule has 0 spiro atoms. The smallest absolute Gasteiger partial charge is 0.329 e. The number of aliphatic hydroxyl groups excluding tert-OH is 3. The van der Waals surface area contributed by atoms with Gasteiger partial charge in [-0.15, -0.1) is 5.53 Å². The predicted octanol–water partition coefficient (Wildman–Crippen LogP) is 6.70.